The van der Waals surface area contributed by atoms with Gasteiger partial charge in [0.2, 0.25) is 0 Å². The first-order valence-corrected chi connectivity index (χ1v) is 9.44. The van der Waals surface area contributed by atoms with E-state index in [1.54, 1.807) is 6.92 Å². The maximum atomic E-state index is 12.4. The van der Waals surface area contributed by atoms with E-state index in [0.29, 0.717) is 0 Å². The first kappa shape index (κ1) is 21.8. The highest BCUT2D eigenvalue weighted by Crippen LogP contribution is 2.54. The highest BCUT2D eigenvalue weighted by molar-refractivity contribution is 7.81. The third kappa shape index (κ3) is 6.23. The van der Waals surface area contributed by atoms with Crippen LogP contribution in [0.1, 0.15) is 23.7 Å². The summed E-state index contributed by atoms with van der Waals surface area (Å²) in [5, 5.41) is 17.4. The fourth-order valence-electron chi connectivity index (χ4n) is 1.92. The molecule has 26 heavy (non-hydrogen) atoms. The van der Waals surface area contributed by atoms with E-state index >= 15 is 0 Å². The number of benzene rings is 1. The summed E-state index contributed by atoms with van der Waals surface area (Å²) >= 11 is 0. The van der Waals surface area contributed by atoms with Gasteiger partial charge in [-0.25, -0.2) is 19.4 Å². The van der Waals surface area contributed by atoms with E-state index in [2.05, 4.69) is 0 Å². The van der Waals surface area contributed by atoms with Crippen LogP contribution in [0, 0.1) is 0 Å². The lowest BCUT2D eigenvalue weighted by atomic mass is 10.2. The van der Waals surface area contributed by atoms with E-state index < -0.39 is 44.0 Å². The van der Waals surface area contributed by atoms with Crippen molar-refractivity contribution in [2.24, 2.45) is 5.73 Å². The molecule has 1 aromatic rings. The predicted octanol–water partition coefficient (Wildman–Crippen LogP) is 0.323. The lowest BCUT2D eigenvalue weighted by Gasteiger charge is -2.14. The molecule has 0 amide bonds. The largest absolute Gasteiger partial charge is 0.490 e. The minimum absolute atomic E-state index is 0.0711. The van der Waals surface area contributed by atoms with Crippen molar-refractivity contribution >= 4 is 25.2 Å². The van der Waals surface area contributed by atoms with Gasteiger partial charge in [0.05, 0.1) is 12.2 Å². The second kappa shape index (κ2) is 9.44. The first-order valence-electron chi connectivity index (χ1n) is 7.56. The van der Waals surface area contributed by atoms with E-state index in [4.69, 9.17) is 25.4 Å². The molecular formula is C15H21NO9P+. The maximum absolute atomic E-state index is 12.4. The Morgan fingerprint density at radius 3 is 2.35 bits per heavy atom. The average molecular weight is 390 g/mol. The van der Waals surface area contributed by atoms with E-state index in [-0.39, 0.29) is 30.1 Å². The van der Waals surface area contributed by atoms with Gasteiger partial charge in [-0.1, -0.05) is 0 Å². The topological polar surface area (TPSA) is 177 Å². The number of carboxylic acids is 2. The van der Waals surface area contributed by atoms with Crippen LogP contribution in [0.2, 0.25) is 0 Å². The standard InChI is InChI=1S/C15H20NO9P/c1-2-24-12-7-9(3-4-11(12)25-8-13(17)18)15(21)26(22,23)6-5-10(16)14(19)20/h3-4,7,10,22-23H,2,5-6,8,16H2,1H3,(H-,17,18,19,20)/p+1. The summed E-state index contributed by atoms with van der Waals surface area (Å²) in [7, 11) is -4.11. The van der Waals surface area contributed by atoms with E-state index in [1.807, 2.05) is 0 Å². The van der Waals surface area contributed by atoms with Crippen LogP contribution in [0.4, 0.5) is 0 Å². The van der Waals surface area contributed by atoms with Gasteiger partial charge in [0.15, 0.2) is 18.1 Å². The van der Waals surface area contributed by atoms with Crippen LogP contribution in [0.15, 0.2) is 18.2 Å². The minimum atomic E-state index is -4.11. The molecule has 6 N–H and O–H groups in total. The van der Waals surface area contributed by atoms with Crippen molar-refractivity contribution < 1.29 is 43.9 Å². The fourth-order valence-corrected chi connectivity index (χ4v) is 3.31. The molecule has 0 radical (unpaired) electrons. The second-order valence-corrected chi connectivity index (χ2v) is 7.58. The van der Waals surface area contributed by atoms with Crippen molar-refractivity contribution in [2.75, 3.05) is 19.4 Å². The number of carbonyl (C=O) groups is 3. The molecule has 0 fully saturated rings. The van der Waals surface area contributed by atoms with Crippen LogP contribution in [0.3, 0.4) is 0 Å². The third-order valence-corrected chi connectivity index (χ3v) is 5.03. The molecule has 0 spiro atoms. The SMILES string of the molecule is CCOc1cc(C(=O)[P+](O)(O)CCC(N)C(=O)O)ccc1OCC(=O)O. The number of hydrogen-bond donors (Lipinski definition) is 5. The molecule has 1 aromatic carbocycles. The van der Waals surface area contributed by atoms with Gasteiger partial charge in [-0.3, -0.25) is 4.79 Å². The van der Waals surface area contributed by atoms with Crippen molar-refractivity contribution in [1.82, 2.24) is 0 Å². The van der Waals surface area contributed by atoms with Gasteiger partial charge in [0.1, 0.15) is 12.2 Å². The Morgan fingerprint density at radius 2 is 1.81 bits per heavy atom. The lowest BCUT2D eigenvalue weighted by molar-refractivity contribution is -0.139. The maximum Gasteiger partial charge on any atom is 0.356 e. The van der Waals surface area contributed by atoms with Gasteiger partial charge in [-0.15, -0.1) is 0 Å². The Morgan fingerprint density at radius 1 is 1.15 bits per heavy atom. The monoisotopic (exact) mass is 390 g/mol. The molecular weight excluding hydrogens is 369 g/mol. The Labute approximate surface area is 149 Å². The number of nitrogens with two attached hydrogens (primary N) is 1. The van der Waals surface area contributed by atoms with Crippen molar-refractivity contribution in [2.45, 2.75) is 19.4 Å². The zero-order valence-electron chi connectivity index (χ0n) is 14.0. The highest BCUT2D eigenvalue weighted by Gasteiger charge is 2.45. The molecule has 11 heteroatoms. The second-order valence-electron chi connectivity index (χ2n) is 5.27. The molecule has 0 bridgehead atoms. The highest BCUT2D eigenvalue weighted by atomic mass is 31.2. The number of carboxylic acid groups (broad SMARTS) is 2. The summed E-state index contributed by atoms with van der Waals surface area (Å²) in [5.74, 6) is -2.35. The molecule has 10 nitrogen and oxygen atoms in total. The summed E-state index contributed by atoms with van der Waals surface area (Å²) in [6, 6.07) is 2.42. The van der Waals surface area contributed by atoms with E-state index in [0.717, 1.165) is 0 Å². The molecule has 1 atom stereocenters. The van der Waals surface area contributed by atoms with Crippen LogP contribution < -0.4 is 15.2 Å². The lowest BCUT2D eigenvalue weighted by Crippen LogP contribution is -2.31. The molecule has 0 saturated heterocycles. The summed E-state index contributed by atoms with van der Waals surface area (Å²) in [5.41, 5.74) is 4.25. The van der Waals surface area contributed by atoms with Crippen molar-refractivity contribution in [3.05, 3.63) is 23.8 Å². The molecule has 0 aromatic heterocycles. The Kier molecular flexibility index (Phi) is 7.91. The minimum Gasteiger partial charge on any atom is -0.490 e. The molecule has 0 saturated carbocycles. The van der Waals surface area contributed by atoms with Crippen LogP contribution >= 0.6 is 7.72 Å². The number of carbonyl (C=O) groups excluding carboxylic acids is 1. The number of ether oxygens (including phenoxy) is 2. The average Bonchev–Trinajstić information content (AvgIpc) is 2.57. The summed E-state index contributed by atoms with van der Waals surface area (Å²) in [4.78, 5) is 53.7. The van der Waals surface area contributed by atoms with Crippen LogP contribution in [0.5, 0.6) is 11.5 Å². The van der Waals surface area contributed by atoms with Gasteiger partial charge in [-0.05, 0) is 25.1 Å². The molecule has 0 aliphatic carbocycles. The van der Waals surface area contributed by atoms with Gasteiger partial charge < -0.3 is 25.4 Å². The van der Waals surface area contributed by atoms with Crippen molar-refractivity contribution in [3.63, 3.8) is 0 Å². The summed E-state index contributed by atoms with van der Waals surface area (Å²) in [6.45, 7) is 1.25. The molecule has 1 unspecified atom stereocenters. The molecule has 0 aliphatic heterocycles. The number of aliphatic carboxylic acids is 2. The quantitative estimate of drug-likeness (QED) is 0.331. The smallest absolute Gasteiger partial charge is 0.356 e. The number of rotatable bonds is 11. The zero-order valence-corrected chi connectivity index (χ0v) is 14.9. The fraction of sp³-hybridized carbons (Fsp3) is 0.400. The molecule has 0 heterocycles. The van der Waals surface area contributed by atoms with Crippen molar-refractivity contribution in [1.29, 1.82) is 0 Å². The van der Waals surface area contributed by atoms with Gasteiger partial charge >= 0.3 is 25.2 Å². The third-order valence-electron chi connectivity index (χ3n) is 3.24. The van der Waals surface area contributed by atoms with Crippen LogP contribution in [-0.2, 0) is 9.59 Å². The molecule has 1 rings (SSSR count). The van der Waals surface area contributed by atoms with Crippen LogP contribution in [-0.4, -0.2) is 62.9 Å². The molecule has 144 valence electrons. The number of hydrogen-bond acceptors (Lipinski definition) is 8. The Balaban J connectivity index is 2.98. The Hall–Kier alpha value is -2.26. The molecule has 0 aliphatic rings. The first-order chi connectivity index (χ1) is 12.1. The Bertz CT molecular complexity index is 677. The van der Waals surface area contributed by atoms with E-state index in [9.17, 15) is 24.2 Å². The van der Waals surface area contributed by atoms with E-state index in [1.165, 1.54) is 18.2 Å². The normalized spacial score (nSPS) is 12.3. The van der Waals surface area contributed by atoms with Gasteiger partial charge in [0, 0.05) is 6.42 Å². The summed E-state index contributed by atoms with van der Waals surface area (Å²) in [6.07, 6.45) is -0.749. The summed E-state index contributed by atoms with van der Waals surface area (Å²) < 4.78 is 10.3. The van der Waals surface area contributed by atoms with Crippen molar-refractivity contribution in [3.8, 4) is 11.5 Å². The van der Waals surface area contributed by atoms with Crippen LogP contribution in [0.25, 0.3) is 0 Å². The van der Waals surface area contributed by atoms with Gasteiger partial charge in [0.25, 0.3) is 0 Å². The van der Waals surface area contributed by atoms with Gasteiger partial charge in [-0.2, -0.15) is 0 Å². The zero-order chi connectivity index (χ0) is 19.9. The predicted molar refractivity (Wildman–Crippen MR) is 91.5 cm³/mol.